The first-order valence-corrected chi connectivity index (χ1v) is 6.08. The molecule has 0 aliphatic heterocycles. The van der Waals surface area contributed by atoms with Gasteiger partial charge in [-0.1, -0.05) is 13.8 Å². The van der Waals surface area contributed by atoms with E-state index in [1.165, 1.54) is 12.3 Å². The van der Waals surface area contributed by atoms with Crippen molar-refractivity contribution >= 4 is 17.6 Å². The Morgan fingerprint density at radius 1 is 1.37 bits per heavy atom. The molecular weight excluding hydrogens is 251 g/mol. The maximum Gasteiger partial charge on any atom is 0.310 e. The van der Waals surface area contributed by atoms with Gasteiger partial charge in [0.05, 0.1) is 17.3 Å². The molecule has 0 aliphatic rings. The van der Waals surface area contributed by atoms with E-state index in [9.17, 15) is 19.1 Å². The molecule has 0 atom stereocenters. The largest absolute Gasteiger partial charge is 0.481 e. The van der Waals surface area contributed by atoms with Gasteiger partial charge in [-0.3, -0.25) is 9.59 Å². The Morgan fingerprint density at radius 3 is 2.42 bits per heavy atom. The number of anilines is 1. The molecule has 1 amide bonds. The lowest BCUT2D eigenvalue weighted by atomic mass is 9.79. The molecule has 1 rings (SSSR count). The summed E-state index contributed by atoms with van der Waals surface area (Å²) in [6.07, 6.45) is 1.81. The Kier molecular flexibility index (Phi) is 4.97. The molecule has 0 unspecified atom stereocenters. The summed E-state index contributed by atoms with van der Waals surface area (Å²) in [5, 5.41) is 11.7. The quantitative estimate of drug-likeness (QED) is 0.777. The predicted molar refractivity (Wildman–Crippen MR) is 68.1 cm³/mol. The first-order valence-electron chi connectivity index (χ1n) is 6.08. The van der Waals surface area contributed by atoms with E-state index in [2.05, 4.69) is 10.3 Å². The van der Waals surface area contributed by atoms with Gasteiger partial charge in [-0.2, -0.15) is 4.39 Å². The van der Waals surface area contributed by atoms with Gasteiger partial charge >= 0.3 is 5.97 Å². The molecule has 1 heterocycles. The van der Waals surface area contributed by atoms with E-state index in [1.54, 1.807) is 13.8 Å². The first kappa shape index (κ1) is 15.1. The molecule has 2 N–H and O–H groups in total. The molecule has 0 aromatic carbocycles. The van der Waals surface area contributed by atoms with Crippen LogP contribution in [0.4, 0.5) is 10.1 Å². The van der Waals surface area contributed by atoms with Crippen LogP contribution in [0.25, 0.3) is 0 Å². The normalized spacial score (nSPS) is 11.1. The lowest BCUT2D eigenvalue weighted by Gasteiger charge is -2.25. The van der Waals surface area contributed by atoms with Crippen molar-refractivity contribution in [2.24, 2.45) is 5.41 Å². The highest BCUT2D eigenvalue weighted by Gasteiger charge is 2.37. The van der Waals surface area contributed by atoms with Crippen molar-refractivity contribution in [1.29, 1.82) is 0 Å². The van der Waals surface area contributed by atoms with Crippen LogP contribution in [-0.2, 0) is 9.59 Å². The Labute approximate surface area is 110 Å². The minimum atomic E-state index is -1.06. The van der Waals surface area contributed by atoms with Crippen molar-refractivity contribution in [3.05, 3.63) is 24.3 Å². The highest BCUT2D eigenvalue weighted by atomic mass is 19.1. The number of amides is 1. The molecule has 0 radical (unpaired) electrons. The molecule has 0 fully saturated rings. The van der Waals surface area contributed by atoms with Crippen LogP contribution in [0.3, 0.4) is 0 Å². The van der Waals surface area contributed by atoms with E-state index < -0.39 is 23.2 Å². The second-order valence-corrected chi connectivity index (χ2v) is 4.39. The zero-order valence-corrected chi connectivity index (χ0v) is 10.9. The van der Waals surface area contributed by atoms with Crippen molar-refractivity contribution < 1.29 is 19.1 Å². The van der Waals surface area contributed by atoms with Crippen LogP contribution in [-0.4, -0.2) is 22.0 Å². The summed E-state index contributed by atoms with van der Waals surface area (Å²) in [5.41, 5.74) is -0.713. The number of hydrogen-bond acceptors (Lipinski definition) is 3. The third kappa shape index (κ3) is 3.74. The summed E-state index contributed by atoms with van der Waals surface area (Å²) in [6.45, 7) is 3.48. The van der Waals surface area contributed by atoms with Crippen LogP contribution >= 0.6 is 0 Å². The van der Waals surface area contributed by atoms with E-state index in [0.717, 1.165) is 6.07 Å². The lowest BCUT2D eigenvalue weighted by molar-refractivity contribution is -0.151. The van der Waals surface area contributed by atoms with Crippen molar-refractivity contribution in [1.82, 2.24) is 4.98 Å². The van der Waals surface area contributed by atoms with Gasteiger partial charge in [-0.25, -0.2) is 4.98 Å². The van der Waals surface area contributed by atoms with Gasteiger partial charge in [0.25, 0.3) is 0 Å². The number of carbonyl (C=O) groups excluding carboxylic acids is 1. The highest BCUT2D eigenvalue weighted by molar-refractivity contribution is 5.94. The minimum Gasteiger partial charge on any atom is -0.481 e. The number of halogens is 1. The molecule has 0 spiro atoms. The Bertz CT molecular complexity index is 455. The van der Waals surface area contributed by atoms with Crippen molar-refractivity contribution in [2.75, 3.05) is 5.32 Å². The zero-order valence-electron chi connectivity index (χ0n) is 10.9. The summed E-state index contributed by atoms with van der Waals surface area (Å²) >= 11 is 0. The molecule has 5 nitrogen and oxygen atoms in total. The van der Waals surface area contributed by atoms with Gasteiger partial charge in [-0.15, -0.1) is 0 Å². The molecule has 6 heteroatoms. The Morgan fingerprint density at radius 2 is 2.00 bits per heavy atom. The van der Waals surface area contributed by atoms with Gasteiger partial charge < -0.3 is 10.4 Å². The number of aromatic nitrogens is 1. The van der Waals surface area contributed by atoms with Crippen LogP contribution in [0.1, 0.15) is 33.1 Å². The molecule has 0 aliphatic carbocycles. The molecule has 0 bridgehead atoms. The van der Waals surface area contributed by atoms with Gasteiger partial charge in [0.2, 0.25) is 11.9 Å². The van der Waals surface area contributed by atoms with E-state index in [1.807, 2.05) is 0 Å². The fourth-order valence-electron chi connectivity index (χ4n) is 1.84. The fraction of sp³-hybridized carbons (Fsp3) is 0.462. The first-order chi connectivity index (χ1) is 8.93. The minimum absolute atomic E-state index is 0.118. The highest BCUT2D eigenvalue weighted by Crippen LogP contribution is 2.31. The van der Waals surface area contributed by atoms with Crippen LogP contribution < -0.4 is 5.32 Å². The number of pyridine rings is 1. The fourth-order valence-corrected chi connectivity index (χ4v) is 1.84. The number of rotatable bonds is 6. The van der Waals surface area contributed by atoms with Gasteiger partial charge in [0, 0.05) is 6.42 Å². The standard InChI is InChI=1S/C13H17FN2O3/c1-3-13(4-2,12(18)19)7-11(17)16-9-5-6-10(14)15-8-9/h5-6,8H,3-4,7H2,1-2H3,(H,16,17)(H,18,19). The number of nitrogens with zero attached hydrogens (tertiary/aromatic N) is 1. The molecule has 1 aromatic heterocycles. The molecule has 19 heavy (non-hydrogen) atoms. The Balaban J connectivity index is 2.73. The second kappa shape index (κ2) is 6.26. The van der Waals surface area contributed by atoms with E-state index in [0.29, 0.717) is 18.5 Å². The van der Waals surface area contributed by atoms with Crippen LogP contribution in [0.15, 0.2) is 18.3 Å². The van der Waals surface area contributed by atoms with Crippen molar-refractivity contribution in [2.45, 2.75) is 33.1 Å². The van der Waals surface area contributed by atoms with E-state index >= 15 is 0 Å². The lowest BCUT2D eigenvalue weighted by Crippen LogP contribution is -2.34. The van der Waals surface area contributed by atoms with Crippen molar-refractivity contribution in [3.8, 4) is 0 Å². The molecule has 0 saturated carbocycles. The summed E-state index contributed by atoms with van der Waals surface area (Å²) in [7, 11) is 0. The predicted octanol–water partition coefficient (Wildman–Crippen LogP) is 2.44. The van der Waals surface area contributed by atoms with Gasteiger partial charge in [-0.05, 0) is 25.0 Å². The third-order valence-electron chi connectivity index (χ3n) is 3.32. The zero-order chi connectivity index (χ0) is 14.5. The maximum absolute atomic E-state index is 12.6. The van der Waals surface area contributed by atoms with Gasteiger partial charge in [0.15, 0.2) is 0 Å². The average Bonchev–Trinajstić information content (AvgIpc) is 2.38. The average molecular weight is 268 g/mol. The van der Waals surface area contributed by atoms with Gasteiger partial charge in [0.1, 0.15) is 0 Å². The number of hydrogen-bond donors (Lipinski definition) is 2. The topological polar surface area (TPSA) is 79.3 Å². The molecule has 0 saturated heterocycles. The number of aliphatic carboxylic acids is 1. The molecular formula is C13H17FN2O3. The summed E-state index contributed by atoms with van der Waals surface area (Å²) in [5.74, 6) is -2.04. The van der Waals surface area contributed by atoms with E-state index in [-0.39, 0.29) is 6.42 Å². The van der Waals surface area contributed by atoms with Crippen LogP contribution in [0.2, 0.25) is 0 Å². The monoisotopic (exact) mass is 268 g/mol. The SMILES string of the molecule is CCC(CC)(CC(=O)Nc1ccc(F)nc1)C(=O)O. The number of carboxylic acids is 1. The molecule has 104 valence electrons. The third-order valence-corrected chi connectivity index (χ3v) is 3.32. The second-order valence-electron chi connectivity index (χ2n) is 4.39. The number of carboxylic acid groups (broad SMARTS) is 1. The van der Waals surface area contributed by atoms with Crippen LogP contribution in [0.5, 0.6) is 0 Å². The summed E-state index contributed by atoms with van der Waals surface area (Å²) in [6, 6.07) is 2.50. The van der Waals surface area contributed by atoms with Crippen molar-refractivity contribution in [3.63, 3.8) is 0 Å². The Hall–Kier alpha value is -1.98. The molecule has 1 aromatic rings. The number of nitrogens with one attached hydrogen (secondary N) is 1. The summed E-state index contributed by atoms with van der Waals surface area (Å²) < 4.78 is 12.6. The van der Waals surface area contributed by atoms with E-state index in [4.69, 9.17) is 0 Å². The smallest absolute Gasteiger partial charge is 0.310 e. The maximum atomic E-state index is 12.6. The number of carbonyl (C=O) groups is 2. The summed E-state index contributed by atoms with van der Waals surface area (Å²) in [4.78, 5) is 26.5. The van der Waals surface area contributed by atoms with Crippen LogP contribution in [0, 0.1) is 11.4 Å².